The minimum atomic E-state index is -1.87. The van der Waals surface area contributed by atoms with E-state index in [1.165, 1.54) is 25.8 Å². The summed E-state index contributed by atoms with van der Waals surface area (Å²) in [5, 5.41) is 4.87. The third-order valence-corrected chi connectivity index (χ3v) is 6.17. The maximum Gasteiger partial charge on any atom is 0.299 e. The van der Waals surface area contributed by atoms with Crippen LogP contribution in [0.1, 0.15) is 29.8 Å². The molecule has 4 rings (SSSR count). The van der Waals surface area contributed by atoms with E-state index < -0.39 is 19.8 Å². The molecule has 1 aliphatic rings. The number of aromatic amines is 1. The van der Waals surface area contributed by atoms with Gasteiger partial charge in [0.2, 0.25) is 5.88 Å². The van der Waals surface area contributed by atoms with Crippen molar-refractivity contribution in [1.82, 2.24) is 24.7 Å². The van der Waals surface area contributed by atoms with Crippen molar-refractivity contribution in [3.05, 3.63) is 40.8 Å². The fraction of sp³-hybridized carbons (Fsp3) is 0.421. The monoisotopic (exact) mass is 446 g/mol. The number of nitrogens with zero attached hydrogens (tertiary/aromatic N) is 5. The van der Waals surface area contributed by atoms with Gasteiger partial charge in [0.15, 0.2) is 8.38 Å². The Bertz CT molecular complexity index is 1120. The molecule has 0 aromatic carbocycles. The number of H-pyrrole nitrogens is 1. The van der Waals surface area contributed by atoms with E-state index in [0.29, 0.717) is 47.6 Å². The van der Waals surface area contributed by atoms with E-state index in [9.17, 15) is 9.59 Å². The first kappa shape index (κ1) is 21.4. The molecule has 0 unspecified atom stereocenters. The van der Waals surface area contributed by atoms with Crippen molar-refractivity contribution in [3.8, 4) is 5.88 Å². The lowest BCUT2D eigenvalue weighted by Gasteiger charge is -2.33. The van der Waals surface area contributed by atoms with Crippen molar-refractivity contribution in [2.45, 2.75) is 19.3 Å². The molecule has 0 spiro atoms. The highest BCUT2D eigenvalue weighted by molar-refractivity contribution is 7.45. The Balaban J connectivity index is 1.70. The molecule has 0 aliphatic carbocycles. The molecule has 31 heavy (non-hydrogen) atoms. The molecule has 3 aromatic rings. The van der Waals surface area contributed by atoms with Gasteiger partial charge in [0.25, 0.3) is 11.5 Å². The number of fused-ring (bicyclic) bond motifs is 1. The van der Waals surface area contributed by atoms with E-state index in [-0.39, 0.29) is 5.69 Å². The summed E-state index contributed by atoms with van der Waals surface area (Å²) in [6.07, 6.45) is 7.00. The highest BCUT2D eigenvalue weighted by atomic mass is 31.2. The minimum Gasteiger partial charge on any atom is -0.481 e. The second-order valence-corrected chi connectivity index (χ2v) is 8.59. The lowest BCUT2D eigenvalue weighted by molar-refractivity contribution is 0.0935. The Hall–Kier alpha value is -2.88. The maximum atomic E-state index is 13.3. The van der Waals surface area contributed by atoms with Crippen LogP contribution in [0.5, 0.6) is 5.88 Å². The molecule has 1 fully saturated rings. The summed E-state index contributed by atoms with van der Waals surface area (Å²) in [4.78, 5) is 57.3. The van der Waals surface area contributed by atoms with Gasteiger partial charge in [0.05, 0.1) is 31.2 Å². The number of nitrogens with one attached hydrogen (secondary N) is 1. The van der Waals surface area contributed by atoms with Crippen LogP contribution in [-0.2, 0) is 0 Å². The number of methoxy groups -OCH3 is 1. The average Bonchev–Trinajstić information content (AvgIpc) is 3.32. The highest BCUT2D eigenvalue weighted by Crippen LogP contribution is 2.33. The number of hydrogen-bond donors (Lipinski definition) is 3. The van der Waals surface area contributed by atoms with E-state index in [4.69, 9.17) is 14.5 Å². The van der Waals surface area contributed by atoms with Crippen LogP contribution in [0, 0.1) is 5.92 Å². The lowest BCUT2D eigenvalue weighted by atomic mass is 9.94. The number of rotatable bonds is 6. The van der Waals surface area contributed by atoms with E-state index in [1.807, 2.05) is 4.90 Å². The number of anilines is 1. The van der Waals surface area contributed by atoms with Crippen LogP contribution in [0.4, 0.5) is 5.82 Å². The first-order valence-corrected chi connectivity index (χ1v) is 11.3. The summed E-state index contributed by atoms with van der Waals surface area (Å²) >= 11 is 0. The van der Waals surface area contributed by atoms with Crippen LogP contribution in [0.25, 0.3) is 10.8 Å². The van der Waals surface area contributed by atoms with Gasteiger partial charge in [-0.05, 0) is 25.2 Å². The van der Waals surface area contributed by atoms with E-state index >= 15 is 0 Å². The number of aromatic nitrogens is 5. The van der Waals surface area contributed by atoms with Crippen LogP contribution in [0.15, 0.2) is 29.6 Å². The van der Waals surface area contributed by atoms with Crippen molar-refractivity contribution in [3.63, 3.8) is 0 Å². The average molecular weight is 446 g/mol. The van der Waals surface area contributed by atoms with Crippen LogP contribution in [-0.4, -0.2) is 66.8 Å². The van der Waals surface area contributed by atoms with Gasteiger partial charge in [-0.3, -0.25) is 9.59 Å². The molecule has 3 aromatic heterocycles. The summed E-state index contributed by atoms with van der Waals surface area (Å²) in [6, 6.07) is 1.62. The number of hydrogen-bond acceptors (Lipinski definition) is 9. The predicted octanol–water partition coefficient (Wildman–Crippen LogP) is 1.11. The van der Waals surface area contributed by atoms with Crippen molar-refractivity contribution in [2.24, 2.45) is 5.92 Å². The predicted molar refractivity (Wildman–Crippen MR) is 114 cm³/mol. The van der Waals surface area contributed by atoms with Crippen molar-refractivity contribution in [2.75, 3.05) is 31.3 Å². The zero-order chi connectivity index (χ0) is 22.0. The second-order valence-electron chi connectivity index (χ2n) is 7.40. The molecule has 1 saturated heterocycles. The van der Waals surface area contributed by atoms with Gasteiger partial charge < -0.3 is 24.4 Å². The third kappa shape index (κ3) is 4.43. The number of piperidine rings is 1. The summed E-state index contributed by atoms with van der Waals surface area (Å²) in [5.41, 5.74) is -0.402. The standard InChI is InChI=1S/C19H23N6O5P/c1-30-15-8-13-9-22-25(18(26)14-10-20-11-21-14)19(27)16(13)17(23-15)24-5-2-12(3-6-24)4-7-31(28)29/h8-12,28-29H,2-7H2,1H3,(H,20,21). The quantitative estimate of drug-likeness (QED) is 0.474. The van der Waals surface area contributed by atoms with Crippen LogP contribution in [0.3, 0.4) is 0 Å². The van der Waals surface area contributed by atoms with Crippen LogP contribution in [0.2, 0.25) is 0 Å². The molecular weight excluding hydrogens is 423 g/mol. The highest BCUT2D eigenvalue weighted by Gasteiger charge is 2.25. The van der Waals surface area contributed by atoms with Gasteiger partial charge in [-0.15, -0.1) is 0 Å². The molecule has 0 radical (unpaired) electrons. The zero-order valence-corrected chi connectivity index (χ0v) is 17.8. The third-order valence-electron chi connectivity index (χ3n) is 5.51. The fourth-order valence-electron chi connectivity index (χ4n) is 3.82. The van der Waals surface area contributed by atoms with Crippen molar-refractivity contribution >= 4 is 30.9 Å². The van der Waals surface area contributed by atoms with Gasteiger partial charge >= 0.3 is 0 Å². The van der Waals surface area contributed by atoms with Crippen LogP contribution < -0.4 is 15.2 Å². The Kier molecular flexibility index (Phi) is 6.26. The number of pyridine rings is 1. The van der Waals surface area contributed by atoms with Crippen molar-refractivity contribution in [1.29, 1.82) is 0 Å². The smallest absolute Gasteiger partial charge is 0.299 e. The summed E-state index contributed by atoms with van der Waals surface area (Å²) < 4.78 is 6.12. The first-order valence-electron chi connectivity index (χ1n) is 9.88. The molecule has 0 atom stereocenters. The first-order chi connectivity index (χ1) is 15.0. The topological polar surface area (TPSA) is 146 Å². The van der Waals surface area contributed by atoms with Gasteiger partial charge in [-0.25, -0.2) is 4.98 Å². The summed E-state index contributed by atoms with van der Waals surface area (Å²) in [5.74, 6) is 0.597. The number of imidazole rings is 1. The molecule has 12 heteroatoms. The Morgan fingerprint density at radius 3 is 2.74 bits per heavy atom. The van der Waals surface area contributed by atoms with E-state index in [1.54, 1.807) is 6.07 Å². The fourth-order valence-corrected chi connectivity index (χ4v) is 4.42. The van der Waals surface area contributed by atoms with Gasteiger partial charge in [-0.1, -0.05) is 0 Å². The Morgan fingerprint density at radius 2 is 2.10 bits per heavy atom. The van der Waals surface area contributed by atoms with Gasteiger partial charge in [0, 0.05) is 30.7 Å². The summed E-state index contributed by atoms with van der Waals surface area (Å²) in [7, 11) is -0.370. The molecule has 0 saturated carbocycles. The SMILES string of the molecule is COc1cc2cnn(C(=O)c3cnc[nH]3)c(=O)c2c(N2CCC(CCP(O)O)CC2)n1. The lowest BCUT2D eigenvalue weighted by Crippen LogP contribution is -2.36. The Morgan fingerprint density at radius 1 is 1.32 bits per heavy atom. The number of ether oxygens (including phenoxy) is 1. The molecule has 164 valence electrons. The molecule has 4 heterocycles. The number of carbonyl (C=O) groups excluding carboxylic acids is 1. The van der Waals surface area contributed by atoms with E-state index in [2.05, 4.69) is 20.1 Å². The molecule has 1 aliphatic heterocycles. The molecule has 3 N–H and O–H groups in total. The minimum absolute atomic E-state index is 0.158. The van der Waals surface area contributed by atoms with Crippen LogP contribution >= 0.6 is 8.38 Å². The second kappa shape index (κ2) is 9.09. The van der Waals surface area contributed by atoms with Gasteiger partial charge in [0.1, 0.15) is 11.5 Å². The Labute approximate surface area is 178 Å². The largest absolute Gasteiger partial charge is 0.481 e. The molecular formula is C19H23N6O5P. The molecule has 0 amide bonds. The number of carbonyl (C=O) groups is 1. The maximum absolute atomic E-state index is 13.3. The normalized spacial score (nSPS) is 15.0. The van der Waals surface area contributed by atoms with Crippen molar-refractivity contribution < 1.29 is 19.3 Å². The van der Waals surface area contributed by atoms with Gasteiger partial charge in [-0.2, -0.15) is 14.8 Å². The summed E-state index contributed by atoms with van der Waals surface area (Å²) in [6.45, 7) is 1.32. The molecule has 0 bridgehead atoms. The zero-order valence-electron chi connectivity index (χ0n) is 16.9. The molecule has 11 nitrogen and oxygen atoms in total. The van der Waals surface area contributed by atoms with E-state index in [0.717, 1.165) is 23.9 Å².